The van der Waals surface area contributed by atoms with Crippen LogP contribution in [0.1, 0.15) is 74.3 Å². The van der Waals surface area contributed by atoms with Gasteiger partial charge in [0.05, 0.1) is 10.8 Å². The van der Waals surface area contributed by atoms with Gasteiger partial charge in [-0.15, -0.1) is 23.1 Å². The second-order valence-electron chi connectivity index (χ2n) is 8.88. The lowest BCUT2D eigenvalue weighted by Crippen LogP contribution is -2.25. The fourth-order valence-electron chi connectivity index (χ4n) is 4.71. The number of fused-ring (bicyclic) bond motifs is 1. The van der Waals surface area contributed by atoms with Gasteiger partial charge in [0.15, 0.2) is 0 Å². The summed E-state index contributed by atoms with van der Waals surface area (Å²) in [5.41, 5.74) is 2.56. The number of aryl methyl sites for hydroxylation is 1. The van der Waals surface area contributed by atoms with Crippen molar-refractivity contribution in [2.75, 3.05) is 10.6 Å². The van der Waals surface area contributed by atoms with Crippen LogP contribution < -0.4 is 10.6 Å². The van der Waals surface area contributed by atoms with Crippen LogP contribution in [-0.4, -0.2) is 17.1 Å². The minimum Gasteiger partial charge on any atom is -0.326 e. The first-order chi connectivity index (χ1) is 16.1. The van der Waals surface area contributed by atoms with Gasteiger partial charge in [0.2, 0.25) is 11.8 Å². The first-order valence-electron chi connectivity index (χ1n) is 12.0. The zero-order valence-corrected chi connectivity index (χ0v) is 20.7. The molecular formula is C26H31N3O2S2. The molecule has 0 bridgehead atoms. The average Bonchev–Trinajstić information content (AvgIpc) is 3.20. The minimum absolute atomic E-state index is 0.0748. The largest absolute Gasteiger partial charge is 0.326 e. The van der Waals surface area contributed by atoms with Crippen LogP contribution in [0.5, 0.6) is 0 Å². The van der Waals surface area contributed by atoms with E-state index in [1.807, 2.05) is 31.2 Å². The molecule has 0 radical (unpaired) electrons. The highest BCUT2D eigenvalue weighted by atomic mass is 32.2. The van der Waals surface area contributed by atoms with E-state index in [9.17, 15) is 14.9 Å². The zero-order valence-electron chi connectivity index (χ0n) is 19.1. The number of thioether (sulfide) groups is 1. The molecule has 1 unspecified atom stereocenters. The zero-order chi connectivity index (χ0) is 23.2. The Bertz CT molecular complexity index is 1050. The predicted octanol–water partition coefficient (Wildman–Crippen LogP) is 6.53. The summed E-state index contributed by atoms with van der Waals surface area (Å²) in [4.78, 5) is 27.9. The highest BCUT2D eigenvalue weighted by Crippen LogP contribution is 2.38. The van der Waals surface area contributed by atoms with E-state index in [2.05, 4.69) is 16.7 Å². The fraction of sp³-hybridized carbons (Fsp3) is 0.500. The molecule has 174 valence electrons. The molecule has 2 aliphatic rings. The van der Waals surface area contributed by atoms with E-state index >= 15 is 0 Å². The molecule has 0 aliphatic heterocycles. The number of benzene rings is 1. The summed E-state index contributed by atoms with van der Waals surface area (Å²) in [6, 6.07) is 10.1. The molecule has 33 heavy (non-hydrogen) atoms. The molecule has 0 saturated heterocycles. The summed E-state index contributed by atoms with van der Waals surface area (Å²) in [5, 5.41) is 16.2. The van der Waals surface area contributed by atoms with Crippen molar-refractivity contribution in [2.45, 2.75) is 81.3 Å². The van der Waals surface area contributed by atoms with E-state index in [-0.39, 0.29) is 23.0 Å². The maximum absolute atomic E-state index is 13.1. The summed E-state index contributed by atoms with van der Waals surface area (Å²) < 4.78 is 0. The molecule has 1 fully saturated rings. The second kappa shape index (κ2) is 11.2. The van der Waals surface area contributed by atoms with Crippen molar-refractivity contribution in [3.8, 4) is 6.07 Å². The van der Waals surface area contributed by atoms with Crippen molar-refractivity contribution >= 4 is 45.6 Å². The first kappa shape index (κ1) is 23.8. The Labute approximate surface area is 204 Å². The number of nitrogens with zero attached hydrogens (tertiary/aromatic N) is 1. The van der Waals surface area contributed by atoms with Crippen molar-refractivity contribution in [2.24, 2.45) is 5.92 Å². The molecule has 7 heteroatoms. The molecule has 0 spiro atoms. The predicted molar refractivity (Wildman–Crippen MR) is 136 cm³/mol. The summed E-state index contributed by atoms with van der Waals surface area (Å²) in [7, 11) is 0. The normalized spacial score (nSPS) is 17.0. The molecule has 1 atom stereocenters. The fourth-order valence-corrected chi connectivity index (χ4v) is 6.96. The number of hydrogen-bond donors (Lipinski definition) is 2. The molecule has 1 aromatic heterocycles. The van der Waals surface area contributed by atoms with Gasteiger partial charge in [-0.1, -0.05) is 32.3 Å². The maximum atomic E-state index is 13.1. The number of carbonyl (C=O) groups excluding carboxylic acids is 2. The smallest absolute Gasteiger partial charge is 0.238 e. The van der Waals surface area contributed by atoms with Gasteiger partial charge in [0, 0.05) is 21.4 Å². The number of rotatable bonds is 7. The Kier molecular flexibility index (Phi) is 8.11. The van der Waals surface area contributed by atoms with E-state index in [4.69, 9.17) is 0 Å². The Hall–Kier alpha value is -2.30. The Morgan fingerprint density at radius 1 is 1.15 bits per heavy atom. The first-order valence-corrected chi connectivity index (χ1v) is 13.7. The van der Waals surface area contributed by atoms with Gasteiger partial charge in [0.25, 0.3) is 0 Å². The van der Waals surface area contributed by atoms with Gasteiger partial charge in [-0.3, -0.25) is 9.59 Å². The molecule has 2 aliphatic carbocycles. The summed E-state index contributed by atoms with van der Waals surface area (Å²) in [6.07, 6.45) is 10.3. The van der Waals surface area contributed by atoms with Crippen LogP contribution in [0.4, 0.5) is 10.7 Å². The molecule has 2 N–H and O–H groups in total. The molecule has 1 heterocycles. The quantitative estimate of drug-likeness (QED) is 0.441. The van der Waals surface area contributed by atoms with E-state index in [0.717, 1.165) is 67.5 Å². The van der Waals surface area contributed by atoms with Crippen LogP contribution in [0.2, 0.25) is 0 Å². The van der Waals surface area contributed by atoms with Crippen LogP contribution >= 0.6 is 23.1 Å². The number of nitrogens with one attached hydrogen (secondary N) is 2. The van der Waals surface area contributed by atoms with Crippen molar-refractivity contribution in [1.29, 1.82) is 5.26 Å². The topological polar surface area (TPSA) is 82.0 Å². The number of nitriles is 1. The van der Waals surface area contributed by atoms with Gasteiger partial charge < -0.3 is 10.6 Å². The minimum atomic E-state index is -0.278. The van der Waals surface area contributed by atoms with Crippen molar-refractivity contribution < 1.29 is 9.59 Å². The lowest BCUT2D eigenvalue weighted by atomic mass is 9.88. The molecule has 5 nitrogen and oxygen atoms in total. The lowest BCUT2D eigenvalue weighted by Gasteiger charge is -2.21. The number of thiophene rings is 1. The van der Waals surface area contributed by atoms with Crippen LogP contribution in [0.15, 0.2) is 29.2 Å². The van der Waals surface area contributed by atoms with Crippen LogP contribution in [0.25, 0.3) is 0 Å². The van der Waals surface area contributed by atoms with E-state index in [1.165, 1.54) is 23.1 Å². The highest BCUT2D eigenvalue weighted by molar-refractivity contribution is 8.00. The monoisotopic (exact) mass is 481 g/mol. The molecule has 1 aromatic carbocycles. The SMILES string of the molecule is CCC(Sc1cccc(NC(=O)C2CCCCC2)c1)C(=O)Nc1sc2c(c1C#N)CCCC2. The van der Waals surface area contributed by atoms with Gasteiger partial charge >= 0.3 is 0 Å². The standard InChI is InChI=1S/C26H31N3O2S2/c1-2-22(25(31)29-26-21(16-27)20-13-6-7-14-23(20)33-26)32-19-12-8-11-18(15-19)28-24(30)17-9-4-3-5-10-17/h8,11-12,15,17,22H,2-7,9-10,13-14H2,1H3,(H,28,30)(H,29,31). The molecule has 2 aromatic rings. The Morgan fingerprint density at radius 3 is 2.70 bits per heavy atom. The van der Waals surface area contributed by atoms with Gasteiger partial charge in [-0.05, 0) is 68.7 Å². The summed E-state index contributed by atoms with van der Waals surface area (Å²) >= 11 is 3.06. The third kappa shape index (κ3) is 5.80. The Balaban J connectivity index is 1.41. The average molecular weight is 482 g/mol. The van der Waals surface area contributed by atoms with Crippen LogP contribution in [-0.2, 0) is 22.4 Å². The van der Waals surface area contributed by atoms with E-state index in [1.54, 1.807) is 11.3 Å². The summed E-state index contributed by atoms with van der Waals surface area (Å²) in [5.74, 6) is 0.136. The van der Waals surface area contributed by atoms with Gasteiger partial charge in [-0.2, -0.15) is 5.26 Å². The number of anilines is 2. The maximum Gasteiger partial charge on any atom is 0.238 e. The summed E-state index contributed by atoms with van der Waals surface area (Å²) in [6.45, 7) is 2.00. The van der Waals surface area contributed by atoms with Crippen molar-refractivity contribution in [3.05, 3.63) is 40.3 Å². The highest BCUT2D eigenvalue weighted by Gasteiger charge is 2.25. The molecular weight excluding hydrogens is 450 g/mol. The van der Waals surface area contributed by atoms with Crippen molar-refractivity contribution in [3.63, 3.8) is 0 Å². The van der Waals surface area contributed by atoms with Gasteiger partial charge in [-0.25, -0.2) is 0 Å². The number of carbonyl (C=O) groups is 2. The van der Waals surface area contributed by atoms with E-state index in [0.29, 0.717) is 17.0 Å². The molecule has 4 rings (SSSR count). The third-order valence-electron chi connectivity index (χ3n) is 6.54. The molecule has 1 saturated carbocycles. The molecule has 2 amide bonds. The third-order valence-corrected chi connectivity index (χ3v) is 9.10. The van der Waals surface area contributed by atoms with Crippen LogP contribution in [0, 0.1) is 17.2 Å². The lowest BCUT2D eigenvalue weighted by molar-refractivity contribution is -0.120. The Morgan fingerprint density at radius 2 is 1.94 bits per heavy atom. The number of amides is 2. The van der Waals surface area contributed by atoms with Gasteiger partial charge in [0.1, 0.15) is 11.1 Å². The number of hydrogen-bond acceptors (Lipinski definition) is 5. The van der Waals surface area contributed by atoms with E-state index < -0.39 is 0 Å². The van der Waals surface area contributed by atoms with Crippen molar-refractivity contribution in [1.82, 2.24) is 0 Å². The second-order valence-corrected chi connectivity index (χ2v) is 11.3. The van der Waals surface area contributed by atoms with Crippen LogP contribution in [0.3, 0.4) is 0 Å².